The van der Waals surface area contributed by atoms with Crippen molar-refractivity contribution in [2.75, 3.05) is 0 Å². The maximum Gasteiger partial charge on any atom is 0.254 e. The topological polar surface area (TPSA) is 45.8 Å². The largest absolute Gasteiger partial charge is 0.310 e. The molecule has 0 radical (unpaired) electrons. The van der Waals surface area contributed by atoms with Gasteiger partial charge in [0.1, 0.15) is 5.82 Å². The Morgan fingerprint density at radius 1 is 1.28 bits per heavy atom. The van der Waals surface area contributed by atoms with Crippen molar-refractivity contribution in [1.82, 2.24) is 9.97 Å². The molecule has 18 heavy (non-hydrogen) atoms. The quantitative estimate of drug-likeness (QED) is 0.899. The second-order valence-corrected chi connectivity index (χ2v) is 4.60. The Morgan fingerprint density at radius 2 is 2.06 bits per heavy atom. The molecule has 3 nitrogen and oxygen atoms in total. The molecule has 2 aromatic rings. The van der Waals surface area contributed by atoms with Crippen LogP contribution in [-0.4, -0.2) is 9.97 Å². The van der Waals surface area contributed by atoms with Gasteiger partial charge < -0.3 is 4.98 Å². The average Bonchev–Trinajstić information content (AvgIpc) is 2.28. The highest BCUT2D eigenvalue weighted by molar-refractivity contribution is 5.25. The molecule has 0 atom stereocenters. The highest BCUT2D eigenvalue weighted by atomic mass is 16.1. The van der Waals surface area contributed by atoms with E-state index in [1.807, 2.05) is 19.9 Å². The molecule has 0 amide bonds. The number of nitrogens with zero attached hydrogens (tertiary/aromatic N) is 1. The standard InChI is InChI=1S/C15H18N2O/c1-4-13-11(3)16-14(17-15(13)18)9-12-7-5-6-10(2)8-12/h5-8H,4,9H2,1-3H3,(H,16,17,18). The van der Waals surface area contributed by atoms with E-state index in [0.717, 1.165) is 23.5 Å². The van der Waals surface area contributed by atoms with Crippen molar-refractivity contribution < 1.29 is 0 Å². The van der Waals surface area contributed by atoms with Crippen LogP contribution in [-0.2, 0) is 12.8 Å². The molecule has 2 rings (SSSR count). The molecule has 0 aliphatic carbocycles. The smallest absolute Gasteiger partial charge is 0.254 e. The lowest BCUT2D eigenvalue weighted by Gasteiger charge is -2.06. The minimum atomic E-state index is -0.00680. The molecule has 1 heterocycles. The SMILES string of the molecule is CCc1c(C)nc(Cc2cccc(C)c2)[nH]c1=O. The van der Waals surface area contributed by atoms with E-state index >= 15 is 0 Å². The van der Waals surface area contributed by atoms with E-state index < -0.39 is 0 Å². The third kappa shape index (κ3) is 2.67. The van der Waals surface area contributed by atoms with E-state index in [2.05, 4.69) is 35.1 Å². The Balaban J connectivity index is 2.33. The lowest BCUT2D eigenvalue weighted by atomic mass is 10.1. The van der Waals surface area contributed by atoms with Crippen molar-refractivity contribution >= 4 is 0 Å². The Bertz CT molecular complexity index is 614. The van der Waals surface area contributed by atoms with E-state index in [4.69, 9.17) is 0 Å². The number of aryl methyl sites for hydroxylation is 2. The molecule has 3 heteroatoms. The van der Waals surface area contributed by atoms with Crippen LogP contribution in [0.1, 0.15) is 35.1 Å². The predicted molar refractivity (Wildman–Crippen MR) is 73.0 cm³/mol. The van der Waals surface area contributed by atoms with Gasteiger partial charge in [-0.15, -0.1) is 0 Å². The number of rotatable bonds is 3. The highest BCUT2D eigenvalue weighted by Gasteiger charge is 2.06. The van der Waals surface area contributed by atoms with Gasteiger partial charge >= 0.3 is 0 Å². The molecule has 0 saturated carbocycles. The zero-order valence-corrected chi connectivity index (χ0v) is 11.1. The first kappa shape index (κ1) is 12.6. The molecule has 0 aliphatic rings. The fourth-order valence-electron chi connectivity index (χ4n) is 2.18. The highest BCUT2D eigenvalue weighted by Crippen LogP contribution is 2.08. The fraction of sp³-hybridized carbons (Fsp3) is 0.333. The van der Waals surface area contributed by atoms with Gasteiger partial charge in [0.2, 0.25) is 0 Å². The molecule has 0 unspecified atom stereocenters. The van der Waals surface area contributed by atoms with Gasteiger partial charge in [-0.05, 0) is 25.8 Å². The molecule has 1 aromatic carbocycles. The third-order valence-electron chi connectivity index (χ3n) is 3.08. The van der Waals surface area contributed by atoms with Crippen molar-refractivity contribution in [3.8, 4) is 0 Å². The predicted octanol–water partition coefficient (Wildman–Crippen LogP) is 2.54. The summed E-state index contributed by atoms with van der Waals surface area (Å²) in [7, 11) is 0. The molecule has 1 aromatic heterocycles. The van der Waals surface area contributed by atoms with Crippen LogP contribution in [0.4, 0.5) is 0 Å². The van der Waals surface area contributed by atoms with Gasteiger partial charge in [-0.1, -0.05) is 36.8 Å². The van der Waals surface area contributed by atoms with Crippen LogP contribution in [0.15, 0.2) is 29.1 Å². The summed E-state index contributed by atoms with van der Waals surface area (Å²) in [6, 6.07) is 8.25. The maximum absolute atomic E-state index is 11.9. The zero-order valence-electron chi connectivity index (χ0n) is 11.1. The first-order chi connectivity index (χ1) is 8.60. The number of aromatic nitrogens is 2. The minimum absolute atomic E-state index is 0.00680. The molecule has 1 N–H and O–H groups in total. The van der Waals surface area contributed by atoms with Crippen molar-refractivity contribution in [2.45, 2.75) is 33.6 Å². The van der Waals surface area contributed by atoms with E-state index in [1.54, 1.807) is 0 Å². The Labute approximate surface area is 107 Å². The first-order valence-electron chi connectivity index (χ1n) is 6.24. The summed E-state index contributed by atoms with van der Waals surface area (Å²) in [5.74, 6) is 0.736. The van der Waals surface area contributed by atoms with Crippen molar-refractivity contribution in [1.29, 1.82) is 0 Å². The second-order valence-electron chi connectivity index (χ2n) is 4.60. The molecule has 0 bridgehead atoms. The lowest BCUT2D eigenvalue weighted by Crippen LogP contribution is -2.18. The van der Waals surface area contributed by atoms with Crippen molar-refractivity contribution in [2.24, 2.45) is 0 Å². The summed E-state index contributed by atoms with van der Waals surface area (Å²) in [5, 5.41) is 0. The van der Waals surface area contributed by atoms with Gasteiger partial charge in [0.25, 0.3) is 5.56 Å². The number of H-pyrrole nitrogens is 1. The van der Waals surface area contributed by atoms with E-state index in [0.29, 0.717) is 6.42 Å². The van der Waals surface area contributed by atoms with Gasteiger partial charge in [0, 0.05) is 17.7 Å². The van der Waals surface area contributed by atoms with Crippen molar-refractivity contribution in [3.05, 3.63) is 62.8 Å². The Hall–Kier alpha value is -1.90. The first-order valence-corrected chi connectivity index (χ1v) is 6.24. The van der Waals surface area contributed by atoms with Gasteiger partial charge in [0.15, 0.2) is 0 Å². The number of hydrogen-bond donors (Lipinski definition) is 1. The minimum Gasteiger partial charge on any atom is -0.310 e. The van der Waals surface area contributed by atoms with Gasteiger partial charge in [-0.25, -0.2) is 4.98 Å². The van der Waals surface area contributed by atoms with Crippen LogP contribution >= 0.6 is 0 Å². The maximum atomic E-state index is 11.9. The summed E-state index contributed by atoms with van der Waals surface area (Å²) in [4.78, 5) is 19.2. The summed E-state index contributed by atoms with van der Waals surface area (Å²) >= 11 is 0. The van der Waals surface area contributed by atoms with Crippen LogP contribution < -0.4 is 5.56 Å². The summed E-state index contributed by atoms with van der Waals surface area (Å²) in [5.41, 5.74) is 4.00. The summed E-state index contributed by atoms with van der Waals surface area (Å²) < 4.78 is 0. The molecule has 0 spiro atoms. The van der Waals surface area contributed by atoms with Crippen LogP contribution in [0.25, 0.3) is 0 Å². The third-order valence-corrected chi connectivity index (χ3v) is 3.08. The lowest BCUT2D eigenvalue weighted by molar-refractivity contribution is 0.878. The van der Waals surface area contributed by atoms with E-state index in [9.17, 15) is 4.79 Å². The molecule has 0 fully saturated rings. The molecule has 94 valence electrons. The second kappa shape index (κ2) is 5.17. The molecule has 0 aliphatic heterocycles. The monoisotopic (exact) mass is 242 g/mol. The van der Waals surface area contributed by atoms with Crippen LogP contribution in [0, 0.1) is 13.8 Å². The number of aromatic amines is 1. The van der Waals surface area contributed by atoms with Crippen LogP contribution in [0.2, 0.25) is 0 Å². The van der Waals surface area contributed by atoms with E-state index in [-0.39, 0.29) is 5.56 Å². The number of hydrogen-bond acceptors (Lipinski definition) is 2. The van der Waals surface area contributed by atoms with Gasteiger partial charge in [0.05, 0.1) is 0 Å². The van der Waals surface area contributed by atoms with Gasteiger partial charge in [-0.2, -0.15) is 0 Å². The normalized spacial score (nSPS) is 10.6. The number of nitrogens with one attached hydrogen (secondary N) is 1. The average molecular weight is 242 g/mol. The Morgan fingerprint density at radius 3 is 2.67 bits per heavy atom. The molecular formula is C15H18N2O. The zero-order chi connectivity index (χ0) is 13.1. The van der Waals surface area contributed by atoms with Crippen LogP contribution in [0.5, 0.6) is 0 Å². The fourth-order valence-corrected chi connectivity index (χ4v) is 2.18. The van der Waals surface area contributed by atoms with E-state index in [1.165, 1.54) is 11.1 Å². The number of benzene rings is 1. The van der Waals surface area contributed by atoms with Gasteiger partial charge in [-0.3, -0.25) is 4.79 Å². The summed E-state index contributed by atoms with van der Waals surface area (Å²) in [6.45, 7) is 5.93. The molecule has 0 saturated heterocycles. The van der Waals surface area contributed by atoms with Crippen LogP contribution in [0.3, 0.4) is 0 Å². The summed E-state index contributed by atoms with van der Waals surface area (Å²) in [6.07, 6.45) is 1.39. The molecular weight excluding hydrogens is 224 g/mol. The van der Waals surface area contributed by atoms with Crippen molar-refractivity contribution in [3.63, 3.8) is 0 Å². The Kier molecular flexibility index (Phi) is 3.60.